The van der Waals surface area contributed by atoms with Crippen molar-refractivity contribution in [1.82, 2.24) is 9.80 Å². The lowest BCUT2D eigenvalue weighted by Gasteiger charge is -2.47. The molecule has 2 saturated heterocycles. The lowest BCUT2D eigenvalue weighted by molar-refractivity contribution is -0.108. The monoisotopic (exact) mass is 210 g/mol. The van der Waals surface area contributed by atoms with Crippen LogP contribution in [0, 0.1) is 0 Å². The number of hydrogen-bond donors (Lipinski definition) is 0. The van der Waals surface area contributed by atoms with Crippen LogP contribution in [0.5, 0.6) is 0 Å². The van der Waals surface area contributed by atoms with Gasteiger partial charge in [0.2, 0.25) is 0 Å². The number of nitrogens with zero attached hydrogens (tertiary/aromatic N) is 2. The number of piperazine rings is 1. The molecule has 3 heteroatoms. The zero-order valence-corrected chi connectivity index (χ0v) is 9.69. The minimum absolute atomic E-state index is 0.624. The predicted molar refractivity (Wildman–Crippen MR) is 60.9 cm³/mol. The first-order valence-electron chi connectivity index (χ1n) is 6.23. The van der Waals surface area contributed by atoms with Crippen LogP contribution >= 0.6 is 0 Å². The third kappa shape index (κ3) is 2.58. The van der Waals surface area contributed by atoms with Gasteiger partial charge >= 0.3 is 0 Å². The second-order valence-corrected chi connectivity index (χ2v) is 4.94. The summed E-state index contributed by atoms with van der Waals surface area (Å²) in [6.07, 6.45) is 5.84. The Morgan fingerprint density at radius 3 is 3.00 bits per heavy atom. The predicted octanol–water partition coefficient (Wildman–Crippen LogP) is 1.13. The quantitative estimate of drug-likeness (QED) is 0.653. The Balaban J connectivity index is 1.89. The van der Waals surface area contributed by atoms with Gasteiger partial charge in [-0.3, -0.25) is 9.80 Å². The molecule has 2 atom stereocenters. The third-order valence-corrected chi connectivity index (χ3v) is 3.85. The van der Waals surface area contributed by atoms with E-state index in [4.69, 9.17) is 0 Å². The fourth-order valence-electron chi connectivity index (χ4n) is 2.94. The first-order chi connectivity index (χ1) is 7.31. The van der Waals surface area contributed by atoms with Crippen LogP contribution in [-0.4, -0.2) is 54.3 Å². The number of fused-ring (bicyclic) bond motifs is 1. The van der Waals surface area contributed by atoms with Gasteiger partial charge in [0, 0.05) is 38.1 Å². The van der Waals surface area contributed by atoms with Gasteiger partial charge < -0.3 is 4.79 Å². The topological polar surface area (TPSA) is 23.6 Å². The van der Waals surface area contributed by atoms with E-state index in [1.54, 1.807) is 0 Å². The average Bonchev–Trinajstić information content (AvgIpc) is 2.26. The molecule has 0 N–H and O–H groups in total. The maximum atomic E-state index is 10.4. The molecule has 0 bridgehead atoms. The van der Waals surface area contributed by atoms with Gasteiger partial charge in [-0.1, -0.05) is 6.42 Å². The van der Waals surface area contributed by atoms with E-state index in [-0.39, 0.29) is 0 Å². The minimum atomic E-state index is 0.624. The third-order valence-electron chi connectivity index (χ3n) is 3.85. The molecule has 2 fully saturated rings. The van der Waals surface area contributed by atoms with Gasteiger partial charge in [0.1, 0.15) is 6.29 Å². The highest BCUT2D eigenvalue weighted by Crippen LogP contribution is 2.23. The zero-order valence-electron chi connectivity index (χ0n) is 9.69. The molecule has 2 unspecified atom stereocenters. The molecule has 0 aliphatic carbocycles. The van der Waals surface area contributed by atoms with Gasteiger partial charge in [0.15, 0.2) is 0 Å². The summed E-state index contributed by atoms with van der Waals surface area (Å²) in [5.74, 6) is 0. The summed E-state index contributed by atoms with van der Waals surface area (Å²) in [6.45, 7) is 6.90. The minimum Gasteiger partial charge on any atom is -0.303 e. The highest BCUT2D eigenvalue weighted by molar-refractivity contribution is 5.49. The Labute approximate surface area is 92.4 Å². The smallest absolute Gasteiger partial charge is 0.121 e. The van der Waals surface area contributed by atoms with Crippen LogP contribution in [0.2, 0.25) is 0 Å². The highest BCUT2D eigenvalue weighted by Gasteiger charge is 2.32. The molecule has 0 radical (unpaired) electrons. The number of aldehydes is 1. The van der Waals surface area contributed by atoms with Crippen molar-refractivity contribution in [2.75, 3.05) is 26.2 Å². The van der Waals surface area contributed by atoms with E-state index in [2.05, 4.69) is 16.7 Å². The van der Waals surface area contributed by atoms with Crippen LogP contribution < -0.4 is 0 Å². The van der Waals surface area contributed by atoms with Gasteiger partial charge in [-0.15, -0.1) is 0 Å². The molecule has 3 nitrogen and oxygen atoms in total. The van der Waals surface area contributed by atoms with Gasteiger partial charge in [-0.05, 0) is 26.3 Å². The fourth-order valence-corrected chi connectivity index (χ4v) is 2.94. The van der Waals surface area contributed by atoms with Gasteiger partial charge in [0.05, 0.1) is 0 Å². The van der Waals surface area contributed by atoms with E-state index in [1.807, 2.05) is 0 Å². The van der Waals surface area contributed by atoms with Crippen LogP contribution in [0.25, 0.3) is 0 Å². The van der Waals surface area contributed by atoms with Crippen LogP contribution in [0.3, 0.4) is 0 Å². The first kappa shape index (κ1) is 11.1. The normalized spacial score (nSPS) is 33.7. The molecule has 2 aliphatic heterocycles. The van der Waals surface area contributed by atoms with E-state index in [9.17, 15) is 4.79 Å². The second-order valence-electron chi connectivity index (χ2n) is 4.94. The number of hydrogen-bond acceptors (Lipinski definition) is 3. The van der Waals surface area contributed by atoms with E-state index >= 15 is 0 Å². The van der Waals surface area contributed by atoms with Crippen molar-refractivity contribution < 1.29 is 4.79 Å². The van der Waals surface area contributed by atoms with Crippen molar-refractivity contribution in [2.24, 2.45) is 0 Å². The molecule has 0 aromatic carbocycles. The molecule has 0 amide bonds. The lowest BCUT2D eigenvalue weighted by atomic mass is 9.97. The van der Waals surface area contributed by atoms with Crippen molar-refractivity contribution in [3.63, 3.8) is 0 Å². The molecule has 0 aromatic heterocycles. The van der Waals surface area contributed by atoms with Crippen molar-refractivity contribution in [1.29, 1.82) is 0 Å². The van der Waals surface area contributed by atoms with E-state index < -0.39 is 0 Å². The lowest BCUT2D eigenvalue weighted by Crippen LogP contribution is -2.58. The summed E-state index contributed by atoms with van der Waals surface area (Å²) in [6, 6.07) is 1.39. The molecule has 0 spiro atoms. The zero-order chi connectivity index (χ0) is 10.7. The standard InChI is InChI=1S/C12H22N2O/c1-11-9-14-6-3-2-5-12(14)10-13(11)7-4-8-15/h8,11-12H,2-7,9-10H2,1H3. The van der Waals surface area contributed by atoms with Gasteiger partial charge in [-0.25, -0.2) is 0 Å². The second kappa shape index (κ2) is 5.08. The van der Waals surface area contributed by atoms with Crippen molar-refractivity contribution in [2.45, 2.75) is 44.7 Å². The molecule has 86 valence electrons. The summed E-state index contributed by atoms with van der Waals surface area (Å²) < 4.78 is 0. The maximum Gasteiger partial charge on any atom is 0.121 e. The number of piperidine rings is 1. The van der Waals surface area contributed by atoms with E-state index in [0.29, 0.717) is 12.5 Å². The molecule has 2 heterocycles. The number of carbonyl (C=O) groups is 1. The summed E-state index contributed by atoms with van der Waals surface area (Å²) in [5, 5.41) is 0. The van der Waals surface area contributed by atoms with Crippen LogP contribution in [-0.2, 0) is 4.79 Å². The Bertz CT molecular complexity index is 220. The van der Waals surface area contributed by atoms with Crippen LogP contribution in [0.15, 0.2) is 0 Å². The van der Waals surface area contributed by atoms with Crippen LogP contribution in [0.1, 0.15) is 32.6 Å². The Kier molecular flexibility index (Phi) is 3.76. The summed E-state index contributed by atoms with van der Waals surface area (Å²) in [4.78, 5) is 15.5. The Hall–Kier alpha value is -0.410. The summed E-state index contributed by atoms with van der Waals surface area (Å²) >= 11 is 0. The van der Waals surface area contributed by atoms with Gasteiger partial charge in [0.25, 0.3) is 0 Å². The Morgan fingerprint density at radius 2 is 2.20 bits per heavy atom. The maximum absolute atomic E-state index is 10.4. The van der Waals surface area contributed by atoms with E-state index in [0.717, 1.165) is 18.9 Å². The summed E-state index contributed by atoms with van der Waals surface area (Å²) in [5.41, 5.74) is 0. The largest absolute Gasteiger partial charge is 0.303 e. The Morgan fingerprint density at radius 1 is 1.33 bits per heavy atom. The van der Waals surface area contributed by atoms with Gasteiger partial charge in [-0.2, -0.15) is 0 Å². The molecule has 0 aromatic rings. The average molecular weight is 210 g/mol. The first-order valence-corrected chi connectivity index (χ1v) is 6.23. The van der Waals surface area contributed by atoms with Crippen molar-refractivity contribution in [3.8, 4) is 0 Å². The fraction of sp³-hybridized carbons (Fsp3) is 0.917. The highest BCUT2D eigenvalue weighted by atomic mass is 16.1. The number of carbonyl (C=O) groups excluding carboxylic acids is 1. The molecule has 0 saturated carbocycles. The summed E-state index contributed by atoms with van der Waals surface area (Å²) in [7, 11) is 0. The molecule has 2 aliphatic rings. The molecule has 2 rings (SSSR count). The number of rotatable bonds is 3. The van der Waals surface area contributed by atoms with Crippen molar-refractivity contribution in [3.05, 3.63) is 0 Å². The van der Waals surface area contributed by atoms with E-state index in [1.165, 1.54) is 38.9 Å². The SMILES string of the molecule is CC1CN2CCCCC2CN1CCC=O. The molecular weight excluding hydrogens is 188 g/mol. The molecule has 15 heavy (non-hydrogen) atoms. The molecular formula is C12H22N2O. The van der Waals surface area contributed by atoms with Crippen molar-refractivity contribution >= 4 is 6.29 Å². The van der Waals surface area contributed by atoms with Crippen LogP contribution in [0.4, 0.5) is 0 Å².